The molecule has 1 aliphatic carbocycles. The third-order valence-corrected chi connectivity index (χ3v) is 4.16. The normalized spacial score (nSPS) is 25.9. The highest BCUT2D eigenvalue weighted by Gasteiger charge is 2.34. The molecule has 1 aromatic heterocycles. The predicted molar refractivity (Wildman–Crippen MR) is 81.7 cm³/mol. The van der Waals surface area contributed by atoms with Crippen LogP contribution in [0.4, 0.5) is 0 Å². The van der Waals surface area contributed by atoms with E-state index in [1.165, 1.54) is 6.42 Å². The summed E-state index contributed by atoms with van der Waals surface area (Å²) in [5.74, 6) is 1.25. The minimum absolute atomic E-state index is 0.0405. The van der Waals surface area contributed by atoms with Crippen LogP contribution >= 0.6 is 0 Å². The number of hydrogen-bond acceptors (Lipinski definition) is 4. The van der Waals surface area contributed by atoms with Crippen molar-refractivity contribution < 1.29 is 9.94 Å². The minimum atomic E-state index is 0.0405. The summed E-state index contributed by atoms with van der Waals surface area (Å²) in [7, 11) is 1.81. The number of ether oxygens (including phenoxy) is 1. The summed E-state index contributed by atoms with van der Waals surface area (Å²) in [4.78, 5) is 0. The van der Waals surface area contributed by atoms with Crippen LogP contribution in [0.2, 0.25) is 0 Å². The molecule has 1 aromatic rings. The Morgan fingerprint density at radius 3 is 2.71 bits per heavy atom. The number of aromatic nitrogens is 2. The second kappa shape index (κ2) is 5.58. The third kappa shape index (κ3) is 3.31. The van der Waals surface area contributed by atoms with Gasteiger partial charge >= 0.3 is 0 Å². The van der Waals surface area contributed by atoms with E-state index in [-0.39, 0.29) is 17.4 Å². The number of nitrogens with two attached hydrogens (primary N) is 1. The summed E-state index contributed by atoms with van der Waals surface area (Å²) in [6.45, 7) is 8.64. The molecular weight excluding hydrogens is 268 g/mol. The smallest absolute Gasteiger partial charge is 0.223 e. The molecule has 0 saturated heterocycles. The Morgan fingerprint density at radius 1 is 1.48 bits per heavy atom. The molecule has 0 aromatic carbocycles. The molecule has 2 unspecified atom stereocenters. The fourth-order valence-electron chi connectivity index (χ4n) is 3.62. The molecule has 6 nitrogen and oxygen atoms in total. The van der Waals surface area contributed by atoms with Gasteiger partial charge in [-0.25, -0.2) is 4.68 Å². The molecule has 2 rings (SSSR count). The van der Waals surface area contributed by atoms with Crippen LogP contribution < -0.4 is 10.5 Å². The zero-order valence-electron chi connectivity index (χ0n) is 13.6. The SMILES string of the molecule is Cc1nn(C)c(OC2CC(C)CC(C)(C)C2)c1C(N)=NO. The van der Waals surface area contributed by atoms with Crippen molar-refractivity contribution in [3.05, 3.63) is 11.3 Å². The Hall–Kier alpha value is -1.72. The number of nitrogens with zero attached hydrogens (tertiary/aromatic N) is 3. The van der Waals surface area contributed by atoms with Gasteiger partial charge in [-0.3, -0.25) is 0 Å². The highest BCUT2D eigenvalue weighted by molar-refractivity contribution is 6.00. The summed E-state index contributed by atoms with van der Waals surface area (Å²) in [5.41, 5.74) is 7.31. The topological polar surface area (TPSA) is 85.7 Å². The molecule has 1 fully saturated rings. The van der Waals surface area contributed by atoms with Gasteiger partial charge in [-0.1, -0.05) is 25.9 Å². The molecule has 1 heterocycles. The second-order valence-corrected chi connectivity index (χ2v) is 7.03. The van der Waals surface area contributed by atoms with Gasteiger partial charge in [0, 0.05) is 7.05 Å². The molecule has 0 amide bonds. The fraction of sp³-hybridized carbons (Fsp3) is 0.733. The van der Waals surface area contributed by atoms with Gasteiger partial charge < -0.3 is 15.7 Å². The van der Waals surface area contributed by atoms with Gasteiger partial charge in [0.25, 0.3) is 0 Å². The van der Waals surface area contributed by atoms with Crippen LogP contribution in [0.15, 0.2) is 5.16 Å². The van der Waals surface area contributed by atoms with Gasteiger partial charge in [0.2, 0.25) is 5.88 Å². The lowest BCUT2D eigenvalue weighted by molar-refractivity contribution is 0.0503. The van der Waals surface area contributed by atoms with E-state index in [9.17, 15) is 0 Å². The van der Waals surface area contributed by atoms with Gasteiger partial charge in [0.1, 0.15) is 11.7 Å². The lowest BCUT2D eigenvalue weighted by Gasteiger charge is -2.38. The highest BCUT2D eigenvalue weighted by Crippen LogP contribution is 2.40. The summed E-state index contributed by atoms with van der Waals surface area (Å²) < 4.78 is 7.86. The second-order valence-electron chi connectivity index (χ2n) is 7.03. The zero-order chi connectivity index (χ0) is 15.8. The van der Waals surface area contributed by atoms with Gasteiger partial charge in [-0.2, -0.15) is 5.10 Å². The summed E-state index contributed by atoms with van der Waals surface area (Å²) in [6.07, 6.45) is 3.36. The van der Waals surface area contributed by atoms with E-state index in [1.54, 1.807) is 4.68 Å². The third-order valence-electron chi connectivity index (χ3n) is 4.16. The highest BCUT2D eigenvalue weighted by atomic mass is 16.5. The van der Waals surface area contributed by atoms with Gasteiger partial charge in [0.05, 0.1) is 5.69 Å². The van der Waals surface area contributed by atoms with Gasteiger partial charge in [-0.15, -0.1) is 0 Å². The van der Waals surface area contributed by atoms with Crippen molar-refractivity contribution in [3.63, 3.8) is 0 Å². The van der Waals surface area contributed by atoms with Gasteiger partial charge in [0.15, 0.2) is 5.84 Å². The fourth-order valence-corrected chi connectivity index (χ4v) is 3.62. The van der Waals surface area contributed by atoms with Crippen LogP contribution in [0.3, 0.4) is 0 Å². The van der Waals surface area contributed by atoms with Gasteiger partial charge in [-0.05, 0) is 37.5 Å². The van der Waals surface area contributed by atoms with E-state index < -0.39 is 0 Å². The van der Waals surface area contributed by atoms with Crippen LogP contribution in [0, 0.1) is 18.3 Å². The number of amidine groups is 1. The Balaban J connectivity index is 2.27. The Bertz CT molecular complexity index is 548. The summed E-state index contributed by atoms with van der Waals surface area (Å²) >= 11 is 0. The largest absolute Gasteiger partial charge is 0.474 e. The van der Waals surface area contributed by atoms with Crippen molar-refractivity contribution in [2.45, 2.75) is 53.1 Å². The summed E-state index contributed by atoms with van der Waals surface area (Å²) in [6, 6.07) is 0. The first-order valence-corrected chi connectivity index (χ1v) is 7.41. The molecule has 0 radical (unpaired) electrons. The van der Waals surface area contributed by atoms with E-state index in [1.807, 2.05) is 14.0 Å². The minimum Gasteiger partial charge on any atom is -0.474 e. The first kappa shape index (κ1) is 15.7. The molecule has 3 N–H and O–H groups in total. The quantitative estimate of drug-likeness (QED) is 0.388. The van der Waals surface area contributed by atoms with E-state index in [0.717, 1.165) is 12.8 Å². The van der Waals surface area contributed by atoms with E-state index in [2.05, 4.69) is 31.0 Å². The van der Waals surface area contributed by atoms with E-state index in [0.29, 0.717) is 23.1 Å². The Morgan fingerprint density at radius 2 is 2.14 bits per heavy atom. The monoisotopic (exact) mass is 294 g/mol. The average molecular weight is 294 g/mol. The van der Waals surface area contributed by atoms with Crippen molar-refractivity contribution in [2.24, 2.45) is 29.3 Å². The average Bonchev–Trinajstić information content (AvgIpc) is 2.61. The maximum Gasteiger partial charge on any atom is 0.223 e. The molecule has 6 heteroatoms. The maximum absolute atomic E-state index is 8.95. The lowest BCUT2D eigenvalue weighted by atomic mass is 9.71. The van der Waals surface area contributed by atoms with Crippen LogP contribution in [-0.2, 0) is 7.05 Å². The van der Waals surface area contributed by atoms with Crippen molar-refractivity contribution >= 4 is 5.84 Å². The molecule has 0 aliphatic heterocycles. The van der Waals surface area contributed by atoms with Crippen molar-refractivity contribution in [2.75, 3.05) is 0 Å². The molecule has 2 atom stereocenters. The lowest BCUT2D eigenvalue weighted by Crippen LogP contribution is -2.35. The van der Waals surface area contributed by atoms with Crippen molar-refractivity contribution in [1.82, 2.24) is 9.78 Å². The Labute approximate surface area is 126 Å². The van der Waals surface area contributed by atoms with Crippen molar-refractivity contribution in [1.29, 1.82) is 0 Å². The van der Waals surface area contributed by atoms with E-state index in [4.69, 9.17) is 15.7 Å². The molecule has 1 saturated carbocycles. The van der Waals surface area contributed by atoms with Crippen molar-refractivity contribution in [3.8, 4) is 5.88 Å². The summed E-state index contributed by atoms with van der Waals surface area (Å²) in [5, 5.41) is 16.4. The molecule has 0 bridgehead atoms. The van der Waals surface area contributed by atoms with Crippen LogP contribution in [0.25, 0.3) is 0 Å². The first-order valence-electron chi connectivity index (χ1n) is 7.41. The number of aryl methyl sites for hydroxylation is 2. The first-order chi connectivity index (χ1) is 9.73. The zero-order valence-corrected chi connectivity index (χ0v) is 13.6. The standard InChI is InChI=1S/C15H26N4O2/c1-9-6-11(8-15(3,4)7-9)21-14-12(13(16)18-20)10(2)17-19(14)5/h9,11,20H,6-8H2,1-5H3,(H2,16,18). The number of oxime groups is 1. The molecule has 0 spiro atoms. The van der Waals surface area contributed by atoms with Crippen LogP contribution in [0.1, 0.15) is 51.3 Å². The number of rotatable bonds is 3. The molecule has 118 valence electrons. The van der Waals surface area contributed by atoms with Crippen LogP contribution in [-0.4, -0.2) is 26.9 Å². The molecule has 21 heavy (non-hydrogen) atoms. The van der Waals surface area contributed by atoms with Crippen LogP contribution in [0.5, 0.6) is 5.88 Å². The molecule has 1 aliphatic rings. The van der Waals surface area contributed by atoms with E-state index >= 15 is 0 Å². The Kier molecular flexibility index (Phi) is 4.16. The molecular formula is C15H26N4O2. The predicted octanol–water partition coefficient (Wildman–Crippen LogP) is 2.42. The number of hydrogen-bond donors (Lipinski definition) is 2. The maximum atomic E-state index is 8.95.